The van der Waals surface area contributed by atoms with Gasteiger partial charge in [0.2, 0.25) is 0 Å². The molecule has 4 rings (SSSR count). The van der Waals surface area contributed by atoms with Crippen LogP contribution >= 0.6 is 0 Å². The lowest BCUT2D eigenvalue weighted by Crippen LogP contribution is -2.32. The second kappa shape index (κ2) is 2.76. The zero-order valence-electron chi connectivity index (χ0n) is 8.66. The van der Waals surface area contributed by atoms with E-state index in [1.165, 1.54) is 0 Å². The van der Waals surface area contributed by atoms with Crippen LogP contribution in [0.25, 0.3) is 32.8 Å². The molecule has 80 valence electrons. The van der Waals surface area contributed by atoms with Gasteiger partial charge in [0.05, 0.1) is 16.3 Å². The molecule has 0 atom stereocenters. The van der Waals surface area contributed by atoms with Gasteiger partial charge in [-0.3, -0.25) is 0 Å². The van der Waals surface area contributed by atoms with Crippen molar-refractivity contribution in [1.82, 2.24) is 15.3 Å². The van der Waals surface area contributed by atoms with Gasteiger partial charge in [-0.2, -0.15) is 0 Å². The van der Waals surface area contributed by atoms with E-state index in [2.05, 4.69) is 15.3 Å². The Kier molecular flexibility index (Phi) is 1.39. The van der Waals surface area contributed by atoms with E-state index in [1.807, 2.05) is 24.3 Å². The van der Waals surface area contributed by atoms with Crippen molar-refractivity contribution in [3.63, 3.8) is 0 Å². The van der Waals surface area contributed by atoms with Crippen LogP contribution in [0.2, 0.25) is 0 Å². The van der Waals surface area contributed by atoms with E-state index in [9.17, 15) is 5.21 Å². The van der Waals surface area contributed by atoms with E-state index in [0.717, 1.165) is 21.8 Å². The molecule has 2 aromatic heterocycles. The van der Waals surface area contributed by atoms with E-state index >= 15 is 0 Å². The second-order valence-electron chi connectivity index (χ2n) is 3.92. The second-order valence-corrected chi connectivity index (χ2v) is 3.92. The minimum absolute atomic E-state index is 0.529. The fraction of sp³-hybridized carbons (Fsp3) is 0. The Morgan fingerprint density at radius 2 is 1.47 bits per heavy atom. The fourth-order valence-electron chi connectivity index (χ4n) is 2.24. The van der Waals surface area contributed by atoms with Crippen LogP contribution in [0.15, 0.2) is 36.4 Å². The maximum Gasteiger partial charge on any atom is 0.255 e. The summed E-state index contributed by atoms with van der Waals surface area (Å²) in [6.07, 6.45) is 0. The van der Waals surface area contributed by atoms with Gasteiger partial charge >= 0.3 is 0 Å². The first-order valence-corrected chi connectivity index (χ1v) is 5.22. The molecule has 4 aromatic rings. The van der Waals surface area contributed by atoms with Crippen molar-refractivity contribution in [1.29, 1.82) is 0 Å². The van der Waals surface area contributed by atoms with Crippen LogP contribution in [-0.4, -0.2) is 15.3 Å². The Hall–Kier alpha value is -2.56. The summed E-state index contributed by atoms with van der Waals surface area (Å²) in [4.78, 5) is 0.645. The SMILES string of the molecule is [O-][n+]1nc2cccc3nnc4cccc1c4c32. The molecule has 0 radical (unpaired) electrons. The molecule has 0 aliphatic rings. The first kappa shape index (κ1) is 8.58. The number of hydrogen-bond donors (Lipinski definition) is 0. The molecule has 5 nitrogen and oxygen atoms in total. The average molecular weight is 222 g/mol. The van der Waals surface area contributed by atoms with Crippen molar-refractivity contribution in [3.8, 4) is 0 Å². The van der Waals surface area contributed by atoms with Crippen LogP contribution in [-0.2, 0) is 0 Å². The molecule has 0 saturated carbocycles. The summed E-state index contributed by atoms with van der Waals surface area (Å²) in [5.74, 6) is 0. The average Bonchev–Trinajstić information content (AvgIpc) is 2.37. The van der Waals surface area contributed by atoms with Crippen molar-refractivity contribution in [2.45, 2.75) is 0 Å². The standard InChI is InChI=1S/C12H6N4O/c17-16-10-6-2-4-8-12(10)11-7(13-14-8)3-1-5-9(11)15-16/h1-6H. The molecule has 0 N–H and O–H groups in total. The van der Waals surface area contributed by atoms with E-state index in [1.54, 1.807) is 12.1 Å². The third-order valence-electron chi connectivity index (χ3n) is 2.96. The van der Waals surface area contributed by atoms with Crippen LogP contribution in [0.5, 0.6) is 0 Å². The zero-order chi connectivity index (χ0) is 11.4. The lowest BCUT2D eigenvalue weighted by molar-refractivity contribution is -0.639. The fourth-order valence-corrected chi connectivity index (χ4v) is 2.24. The number of rotatable bonds is 0. The van der Waals surface area contributed by atoms with Gasteiger partial charge in [-0.15, -0.1) is 10.2 Å². The quantitative estimate of drug-likeness (QED) is 0.256. The predicted molar refractivity (Wildman–Crippen MR) is 62.5 cm³/mol. The summed E-state index contributed by atoms with van der Waals surface area (Å²) in [5, 5.41) is 25.8. The largest absolute Gasteiger partial charge is 0.594 e. The van der Waals surface area contributed by atoms with Crippen LogP contribution in [0.4, 0.5) is 0 Å². The van der Waals surface area contributed by atoms with Crippen molar-refractivity contribution < 1.29 is 4.85 Å². The molecular formula is C12H6N4O. The van der Waals surface area contributed by atoms with E-state index in [-0.39, 0.29) is 0 Å². The van der Waals surface area contributed by atoms with Crippen molar-refractivity contribution in [2.24, 2.45) is 0 Å². The minimum Gasteiger partial charge on any atom is -0.594 e. The topological polar surface area (TPSA) is 65.6 Å². The number of hydrogen-bond acceptors (Lipinski definition) is 4. The van der Waals surface area contributed by atoms with Crippen molar-refractivity contribution in [2.75, 3.05) is 0 Å². The molecule has 0 unspecified atom stereocenters. The maximum atomic E-state index is 11.8. The Labute approximate surface area is 95.2 Å². The minimum atomic E-state index is 0.529. The molecule has 0 fully saturated rings. The van der Waals surface area contributed by atoms with E-state index in [0.29, 0.717) is 15.9 Å². The van der Waals surface area contributed by atoms with E-state index < -0.39 is 0 Å². The molecule has 0 aliphatic heterocycles. The van der Waals surface area contributed by atoms with Crippen LogP contribution < -0.4 is 4.85 Å². The third kappa shape index (κ3) is 0.977. The Morgan fingerprint density at radius 1 is 0.824 bits per heavy atom. The molecule has 0 saturated heterocycles. The summed E-state index contributed by atoms with van der Waals surface area (Å²) >= 11 is 0. The first-order valence-electron chi connectivity index (χ1n) is 5.22. The Morgan fingerprint density at radius 3 is 2.29 bits per heavy atom. The van der Waals surface area contributed by atoms with Gasteiger partial charge in [-0.1, -0.05) is 12.1 Å². The Balaban J connectivity index is 2.50. The van der Waals surface area contributed by atoms with Gasteiger partial charge in [0, 0.05) is 11.2 Å². The lowest BCUT2D eigenvalue weighted by Gasteiger charge is -2.06. The maximum absolute atomic E-state index is 11.8. The van der Waals surface area contributed by atoms with Gasteiger partial charge in [0.25, 0.3) is 5.52 Å². The van der Waals surface area contributed by atoms with Crippen molar-refractivity contribution >= 4 is 32.8 Å². The highest BCUT2D eigenvalue weighted by Gasteiger charge is 2.16. The van der Waals surface area contributed by atoms with Gasteiger partial charge < -0.3 is 5.21 Å². The van der Waals surface area contributed by atoms with Crippen LogP contribution in [0.1, 0.15) is 0 Å². The number of aromatic nitrogens is 4. The number of benzene rings is 2. The monoisotopic (exact) mass is 222 g/mol. The summed E-state index contributed by atoms with van der Waals surface area (Å²) in [5.41, 5.74) is 2.66. The molecule has 0 spiro atoms. The lowest BCUT2D eigenvalue weighted by atomic mass is 10.1. The Bertz CT molecular complexity index is 859. The van der Waals surface area contributed by atoms with Gasteiger partial charge in [-0.05, 0) is 23.0 Å². The highest BCUT2D eigenvalue weighted by atomic mass is 16.5. The molecule has 2 heterocycles. The highest BCUT2D eigenvalue weighted by Crippen LogP contribution is 2.27. The van der Waals surface area contributed by atoms with Crippen molar-refractivity contribution in [3.05, 3.63) is 41.6 Å². The van der Waals surface area contributed by atoms with Crippen LogP contribution in [0, 0.1) is 5.21 Å². The molecule has 0 amide bonds. The molecule has 17 heavy (non-hydrogen) atoms. The zero-order valence-corrected chi connectivity index (χ0v) is 8.66. The van der Waals surface area contributed by atoms with E-state index in [4.69, 9.17) is 0 Å². The smallest absolute Gasteiger partial charge is 0.255 e. The van der Waals surface area contributed by atoms with Crippen LogP contribution in [0.3, 0.4) is 0 Å². The van der Waals surface area contributed by atoms with Gasteiger partial charge in [0.1, 0.15) is 11.0 Å². The summed E-state index contributed by atoms with van der Waals surface area (Å²) < 4.78 is 0. The predicted octanol–water partition coefficient (Wildman–Crippen LogP) is 1.40. The molecule has 0 aliphatic carbocycles. The molecule has 2 aromatic carbocycles. The van der Waals surface area contributed by atoms with Gasteiger partial charge in [-0.25, -0.2) is 0 Å². The summed E-state index contributed by atoms with van der Waals surface area (Å²) in [6.45, 7) is 0. The molecule has 0 bridgehead atoms. The first-order chi connectivity index (χ1) is 8.34. The highest BCUT2D eigenvalue weighted by molar-refractivity contribution is 6.17. The molecular weight excluding hydrogens is 216 g/mol. The third-order valence-corrected chi connectivity index (χ3v) is 2.96. The summed E-state index contributed by atoms with van der Waals surface area (Å²) in [6, 6.07) is 10.9. The van der Waals surface area contributed by atoms with Gasteiger partial charge in [0.15, 0.2) is 0 Å². The summed E-state index contributed by atoms with van der Waals surface area (Å²) in [7, 11) is 0. The number of nitrogens with zero attached hydrogens (tertiary/aromatic N) is 4. The normalized spacial score (nSPS) is 11.8. The molecule has 5 heteroatoms.